The standard InChI is InChI=1S/C11H10B3NO5/c1-10(17,15-11(13,14)18)8(16)5-2-3-6-7(4-5)20-9(12)19-6/h2-4,9,15,17-18H,1H3/t9?,10-/m0/s1. The molecule has 6 nitrogen and oxygen atoms in total. The van der Waals surface area contributed by atoms with Crippen LogP contribution >= 0.6 is 0 Å². The molecular weight excluding hydrogens is 259 g/mol. The van der Waals surface area contributed by atoms with Crippen molar-refractivity contribution in [2.75, 3.05) is 0 Å². The minimum Gasteiger partial charge on any atom is -0.461 e. The summed E-state index contributed by atoms with van der Waals surface area (Å²) in [5.74, 6) is -0.107. The molecule has 1 aromatic carbocycles. The van der Waals surface area contributed by atoms with E-state index in [0.717, 1.165) is 6.92 Å². The van der Waals surface area contributed by atoms with Crippen LogP contribution in [0, 0.1) is 0 Å². The largest absolute Gasteiger partial charge is 0.461 e. The number of aliphatic hydroxyl groups is 2. The Morgan fingerprint density at radius 3 is 2.50 bits per heavy atom. The van der Waals surface area contributed by atoms with E-state index in [-0.39, 0.29) is 11.3 Å². The van der Waals surface area contributed by atoms with E-state index in [1.165, 1.54) is 18.2 Å². The molecule has 1 heterocycles. The molecule has 98 valence electrons. The van der Waals surface area contributed by atoms with Gasteiger partial charge in [-0.05, 0) is 25.1 Å². The van der Waals surface area contributed by atoms with Gasteiger partial charge in [0.2, 0.25) is 5.78 Å². The molecule has 3 N–H and O–H groups in total. The van der Waals surface area contributed by atoms with E-state index in [9.17, 15) is 15.0 Å². The summed E-state index contributed by atoms with van der Waals surface area (Å²) in [5.41, 5.74) is -4.48. The van der Waals surface area contributed by atoms with Gasteiger partial charge in [0.15, 0.2) is 31.3 Å². The van der Waals surface area contributed by atoms with Crippen LogP contribution in [0.2, 0.25) is 0 Å². The zero-order valence-electron chi connectivity index (χ0n) is 10.7. The van der Waals surface area contributed by atoms with Crippen LogP contribution in [-0.2, 0) is 0 Å². The molecule has 1 aromatic rings. The van der Waals surface area contributed by atoms with Gasteiger partial charge in [-0.3, -0.25) is 10.1 Å². The summed E-state index contributed by atoms with van der Waals surface area (Å²) in [6.07, 6.45) is -0.938. The molecule has 1 unspecified atom stereocenters. The molecule has 6 radical (unpaired) electrons. The monoisotopic (exact) mass is 269 g/mol. The van der Waals surface area contributed by atoms with Gasteiger partial charge in [-0.25, -0.2) is 0 Å². The third-order valence-electron chi connectivity index (χ3n) is 2.58. The van der Waals surface area contributed by atoms with Crippen LogP contribution in [0.5, 0.6) is 11.5 Å². The summed E-state index contributed by atoms with van der Waals surface area (Å²) in [5, 5.41) is 21.2. The molecule has 0 saturated heterocycles. The lowest BCUT2D eigenvalue weighted by Crippen LogP contribution is -2.61. The molecule has 1 aliphatic rings. The van der Waals surface area contributed by atoms with E-state index in [2.05, 4.69) is 0 Å². The summed E-state index contributed by atoms with van der Waals surface area (Å²) in [7, 11) is 15.6. The van der Waals surface area contributed by atoms with E-state index in [0.29, 0.717) is 5.75 Å². The second kappa shape index (κ2) is 4.84. The number of fused-ring (bicyclic) bond motifs is 1. The second-order valence-electron chi connectivity index (χ2n) is 4.62. The molecule has 0 spiro atoms. The molecule has 0 amide bonds. The fourth-order valence-corrected chi connectivity index (χ4v) is 1.84. The number of ketones is 1. The van der Waals surface area contributed by atoms with Crippen LogP contribution in [0.25, 0.3) is 0 Å². The Morgan fingerprint density at radius 2 is 1.90 bits per heavy atom. The van der Waals surface area contributed by atoms with Crippen molar-refractivity contribution in [2.45, 2.75) is 24.4 Å². The van der Waals surface area contributed by atoms with Crippen LogP contribution in [-0.4, -0.2) is 57.0 Å². The minimum atomic E-state index is -2.40. The summed E-state index contributed by atoms with van der Waals surface area (Å²) in [6.45, 7) is 1.11. The van der Waals surface area contributed by atoms with E-state index in [1.54, 1.807) is 0 Å². The first-order valence-electron chi connectivity index (χ1n) is 5.68. The maximum absolute atomic E-state index is 12.2. The van der Waals surface area contributed by atoms with Crippen molar-refractivity contribution in [3.63, 3.8) is 0 Å². The number of nitrogens with one attached hydrogen (secondary N) is 1. The molecule has 9 heteroatoms. The van der Waals surface area contributed by atoms with E-state index in [4.69, 9.17) is 33.0 Å². The first-order valence-corrected chi connectivity index (χ1v) is 5.68. The molecule has 0 aliphatic carbocycles. The van der Waals surface area contributed by atoms with Crippen molar-refractivity contribution in [3.05, 3.63) is 23.8 Å². The topological polar surface area (TPSA) is 88.0 Å². The molecule has 0 saturated carbocycles. The lowest BCUT2D eigenvalue weighted by Gasteiger charge is -2.32. The number of hydrogen-bond donors (Lipinski definition) is 3. The fraction of sp³-hybridized carbons (Fsp3) is 0.364. The summed E-state index contributed by atoms with van der Waals surface area (Å²) >= 11 is 0. The summed E-state index contributed by atoms with van der Waals surface area (Å²) in [4.78, 5) is 12.2. The normalized spacial score (nSPS) is 20.4. The Bertz CT molecular complexity index is 543. The minimum absolute atomic E-state index is 0.100. The van der Waals surface area contributed by atoms with Crippen LogP contribution in [0.4, 0.5) is 0 Å². The molecule has 2 rings (SSSR count). The van der Waals surface area contributed by atoms with Gasteiger partial charge in [0, 0.05) is 11.1 Å². The SMILES string of the molecule is [B]C1Oc2ccc(C(=O)[C@](C)(O)NC([B])([B])O)cc2O1. The average molecular weight is 269 g/mol. The van der Waals surface area contributed by atoms with Crippen molar-refractivity contribution in [1.82, 2.24) is 5.32 Å². The first kappa shape index (κ1) is 15.0. The maximum Gasteiger partial charge on any atom is 0.209 e. The molecular formula is C11H10B3NO5. The van der Waals surface area contributed by atoms with Gasteiger partial charge in [-0.15, -0.1) is 0 Å². The molecule has 0 fully saturated rings. The number of hydrogen-bond acceptors (Lipinski definition) is 6. The van der Waals surface area contributed by atoms with Crippen molar-refractivity contribution in [1.29, 1.82) is 0 Å². The molecule has 0 aromatic heterocycles. The van der Waals surface area contributed by atoms with E-state index >= 15 is 0 Å². The number of ether oxygens (including phenoxy) is 2. The van der Waals surface area contributed by atoms with Gasteiger partial charge in [0.05, 0.1) is 0 Å². The van der Waals surface area contributed by atoms with Crippen LogP contribution in [0.3, 0.4) is 0 Å². The first-order chi connectivity index (χ1) is 9.08. The number of Topliss-reactive ketones (excluding diaryl/α,β-unsaturated/α-hetero) is 1. The predicted molar refractivity (Wildman–Crippen MR) is 71.8 cm³/mol. The Labute approximate surface area is 119 Å². The second-order valence-corrected chi connectivity index (χ2v) is 4.62. The molecule has 1 aliphatic heterocycles. The number of carbonyl (C=O) groups is 1. The highest BCUT2D eigenvalue weighted by Crippen LogP contribution is 2.35. The molecule has 20 heavy (non-hydrogen) atoms. The van der Waals surface area contributed by atoms with Crippen molar-refractivity contribution in [3.8, 4) is 11.5 Å². The van der Waals surface area contributed by atoms with Gasteiger partial charge < -0.3 is 19.7 Å². The highest BCUT2D eigenvalue weighted by atomic mass is 16.7. The molecule has 2 atom stereocenters. The van der Waals surface area contributed by atoms with Gasteiger partial charge in [-0.2, -0.15) is 0 Å². The highest BCUT2D eigenvalue weighted by molar-refractivity contribution is 6.38. The van der Waals surface area contributed by atoms with Gasteiger partial charge in [0.25, 0.3) is 0 Å². The maximum atomic E-state index is 12.2. The zero-order chi connectivity index (χ0) is 15.1. The Balaban J connectivity index is 2.24. The van der Waals surface area contributed by atoms with Crippen molar-refractivity contribution < 1.29 is 24.5 Å². The number of rotatable bonds is 4. The Kier molecular flexibility index (Phi) is 3.62. The third kappa shape index (κ3) is 3.17. The quantitative estimate of drug-likeness (QED) is 0.344. The van der Waals surface area contributed by atoms with Crippen LogP contribution in [0.15, 0.2) is 18.2 Å². The summed E-state index contributed by atoms with van der Waals surface area (Å²) < 4.78 is 10.2. The summed E-state index contributed by atoms with van der Waals surface area (Å²) in [6, 6.07) is 4.24. The van der Waals surface area contributed by atoms with Gasteiger partial charge in [-0.1, -0.05) is 0 Å². The number of carbonyl (C=O) groups excluding carboxylic acids is 1. The van der Waals surface area contributed by atoms with Crippen LogP contribution in [0.1, 0.15) is 17.3 Å². The average Bonchev–Trinajstić information content (AvgIpc) is 2.63. The Hall–Kier alpha value is -1.44. The highest BCUT2D eigenvalue weighted by Gasteiger charge is 2.35. The van der Waals surface area contributed by atoms with E-state index in [1.807, 2.05) is 5.32 Å². The van der Waals surface area contributed by atoms with E-state index < -0.39 is 23.2 Å². The number of benzene rings is 1. The lowest BCUT2D eigenvalue weighted by atomic mass is 9.72. The zero-order valence-corrected chi connectivity index (χ0v) is 10.7. The van der Waals surface area contributed by atoms with Crippen LogP contribution < -0.4 is 14.8 Å². The van der Waals surface area contributed by atoms with Crippen molar-refractivity contribution >= 4 is 29.3 Å². The lowest BCUT2D eigenvalue weighted by molar-refractivity contribution is -0.00834. The third-order valence-corrected chi connectivity index (χ3v) is 2.58. The van der Waals surface area contributed by atoms with Crippen molar-refractivity contribution in [2.24, 2.45) is 0 Å². The Morgan fingerprint density at radius 1 is 1.30 bits per heavy atom. The van der Waals surface area contributed by atoms with Gasteiger partial charge in [0.1, 0.15) is 15.7 Å². The fourth-order valence-electron chi connectivity index (χ4n) is 1.84. The van der Waals surface area contributed by atoms with Gasteiger partial charge >= 0.3 is 0 Å². The molecule has 0 bridgehead atoms. The smallest absolute Gasteiger partial charge is 0.209 e. The predicted octanol–water partition coefficient (Wildman–Crippen LogP) is -1.67.